The molecule has 2 aromatic carbocycles. The van der Waals surface area contributed by atoms with Crippen LogP contribution in [-0.2, 0) is 16.1 Å². The molecule has 0 heterocycles. The van der Waals surface area contributed by atoms with Crippen LogP contribution in [0.15, 0.2) is 59.7 Å². The van der Waals surface area contributed by atoms with Crippen molar-refractivity contribution in [2.75, 3.05) is 0 Å². The molecule has 0 spiro atoms. The summed E-state index contributed by atoms with van der Waals surface area (Å²) in [6.45, 7) is 2.19. The van der Waals surface area contributed by atoms with E-state index in [9.17, 15) is 14.7 Å². The predicted molar refractivity (Wildman–Crippen MR) is 96.0 cm³/mol. The van der Waals surface area contributed by atoms with Gasteiger partial charge >= 0.3 is 0 Å². The molecule has 6 heteroatoms. The Balaban J connectivity index is 1.71. The minimum absolute atomic E-state index is 0.0625. The molecule has 0 atom stereocenters. The van der Waals surface area contributed by atoms with E-state index in [2.05, 4.69) is 15.8 Å². The lowest BCUT2D eigenvalue weighted by molar-refractivity contribution is -0.126. The third-order valence-corrected chi connectivity index (χ3v) is 3.55. The van der Waals surface area contributed by atoms with Gasteiger partial charge in [-0.3, -0.25) is 9.59 Å². The Kier molecular flexibility index (Phi) is 6.71. The number of nitrogens with zero attached hydrogens (tertiary/aromatic N) is 1. The first kappa shape index (κ1) is 18.2. The van der Waals surface area contributed by atoms with Crippen LogP contribution in [0, 0.1) is 0 Å². The van der Waals surface area contributed by atoms with E-state index in [0.29, 0.717) is 12.3 Å². The van der Waals surface area contributed by atoms with Crippen molar-refractivity contribution in [3.8, 4) is 5.75 Å². The van der Waals surface area contributed by atoms with Crippen molar-refractivity contribution in [1.82, 2.24) is 10.7 Å². The van der Waals surface area contributed by atoms with Crippen LogP contribution in [-0.4, -0.2) is 22.6 Å². The van der Waals surface area contributed by atoms with Gasteiger partial charge in [-0.1, -0.05) is 30.3 Å². The van der Waals surface area contributed by atoms with E-state index in [-0.39, 0.29) is 30.4 Å². The number of aromatic hydroxyl groups is 1. The van der Waals surface area contributed by atoms with Crippen LogP contribution in [0.25, 0.3) is 0 Å². The predicted octanol–water partition coefficient (Wildman–Crippen LogP) is 2.33. The summed E-state index contributed by atoms with van der Waals surface area (Å²) in [7, 11) is 0. The van der Waals surface area contributed by atoms with Gasteiger partial charge in [0.15, 0.2) is 0 Å². The fourth-order valence-corrected chi connectivity index (χ4v) is 2.08. The Labute approximate surface area is 146 Å². The van der Waals surface area contributed by atoms with Crippen molar-refractivity contribution < 1.29 is 14.7 Å². The number of phenolic OH excluding ortho intramolecular Hbond substituents is 1. The van der Waals surface area contributed by atoms with Crippen molar-refractivity contribution in [3.05, 3.63) is 65.7 Å². The maximum absolute atomic E-state index is 11.8. The quantitative estimate of drug-likeness (QED) is 0.534. The van der Waals surface area contributed by atoms with Crippen LogP contribution in [0.4, 0.5) is 0 Å². The maximum Gasteiger partial charge on any atom is 0.240 e. The van der Waals surface area contributed by atoms with Crippen molar-refractivity contribution in [3.63, 3.8) is 0 Å². The normalized spacial score (nSPS) is 11.0. The van der Waals surface area contributed by atoms with Crippen LogP contribution in [0.1, 0.15) is 30.9 Å². The molecule has 0 bridgehead atoms. The van der Waals surface area contributed by atoms with Gasteiger partial charge in [0.25, 0.3) is 0 Å². The number of nitrogens with one attached hydrogen (secondary N) is 2. The molecule has 0 saturated heterocycles. The second-order valence-electron chi connectivity index (χ2n) is 5.54. The van der Waals surface area contributed by atoms with Gasteiger partial charge < -0.3 is 10.4 Å². The molecule has 3 N–H and O–H groups in total. The van der Waals surface area contributed by atoms with Crippen LogP contribution in [0.2, 0.25) is 0 Å². The van der Waals surface area contributed by atoms with Gasteiger partial charge in [-0.2, -0.15) is 5.10 Å². The number of benzene rings is 2. The summed E-state index contributed by atoms with van der Waals surface area (Å²) in [4.78, 5) is 23.5. The number of hydrogen-bond acceptors (Lipinski definition) is 4. The molecule has 0 aliphatic rings. The zero-order chi connectivity index (χ0) is 18.1. The summed E-state index contributed by atoms with van der Waals surface area (Å²) >= 11 is 0. The molecule has 0 aliphatic heterocycles. The summed E-state index contributed by atoms with van der Waals surface area (Å²) in [5.41, 5.74) is 4.84. The Morgan fingerprint density at radius 3 is 2.28 bits per heavy atom. The van der Waals surface area contributed by atoms with Crippen molar-refractivity contribution in [1.29, 1.82) is 0 Å². The fraction of sp³-hybridized carbons (Fsp3) is 0.211. The molecular formula is C19H21N3O3. The highest BCUT2D eigenvalue weighted by Crippen LogP contribution is 2.10. The Bertz CT molecular complexity index is 740. The zero-order valence-corrected chi connectivity index (χ0v) is 14.0. The molecule has 0 fully saturated rings. The number of phenols is 1. The Morgan fingerprint density at radius 1 is 0.960 bits per heavy atom. The average molecular weight is 339 g/mol. The van der Waals surface area contributed by atoms with E-state index in [4.69, 9.17) is 0 Å². The van der Waals surface area contributed by atoms with Gasteiger partial charge in [-0.05, 0) is 42.3 Å². The van der Waals surface area contributed by atoms with E-state index >= 15 is 0 Å². The summed E-state index contributed by atoms with van der Waals surface area (Å²) in [6.07, 6.45) is 0.166. The van der Waals surface area contributed by atoms with Gasteiger partial charge in [0.05, 0.1) is 5.71 Å². The summed E-state index contributed by atoms with van der Waals surface area (Å²) < 4.78 is 0. The standard InChI is InChI=1S/C19H21N3O3/c1-14(16-7-9-17(23)10-8-16)21-22-19(25)12-11-18(24)20-13-15-5-3-2-4-6-15/h2-10,23H,11-13H2,1H3,(H,20,24)(H,22,25). The Morgan fingerprint density at radius 2 is 1.60 bits per heavy atom. The number of hydrogen-bond donors (Lipinski definition) is 3. The van der Waals surface area contributed by atoms with Crippen LogP contribution in [0.5, 0.6) is 5.75 Å². The van der Waals surface area contributed by atoms with Crippen LogP contribution < -0.4 is 10.7 Å². The molecule has 0 aromatic heterocycles. The van der Waals surface area contributed by atoms with E-state index in [1.54, 1.807) is 31.2 Å². The number of rotatable bonds is 7. The zero-order valence-electron chi connectivity index (χ0n) is 14.0. The SMILES string of the molecule is CC(=NNC(=O)CCC(=O)NCc1ccccc1)c1ccc(O)cc1. The molecule has 25 heavy (non-hydrogen) atoms. The lowest BCUT2D eigenvalue weighted by Gasteiger charge is -2.05. The average Bonchev–Trinajstić information content (AvgIpc) is 2.64. The lowest BCUT2D eigenvalue weighted by Crippen LogP contribution is -2.26. The topological polar surface area (TPSA) is 90.8 Å². The first-order valence-electron chi connectivity index (χ1n) is 7.98. The minimum atomic E-state index is -0.326. The second-order valence-corrected chi connectivity index (χ2v) is 5.54. The van der Waals surface area contributed by atoms with Crippen LogP contribution >= 0.6 is 0 Å². The summed E-state index contributed by atoms with van der Waals surface area (Å²) in [5, 5.41) is 16.0. The largest absolute Gasteiger partial charge is 0.508 e. The molecule has 2 amide bonds. The minimum Gasteiger partial charge on any atom is -0.508 e. The molecular weight excluding hydrogens is 318 g/mol. The van der Waals surface area contributed by atoms with E-state index in [1.165, 1.54) is 0 Å². The molecule has 2 rings (SSSR count). The maximum atomic E-state index is 11.8. The molecule has 0 aliphatic carbocycles. The van der Waals surface area contributed by atoms with Crippen molar-refractivity contribution in [2.45, 2.75) is 26.3 Å². The van der Waals surface area contributed by atoms with E-state index in [1.807, 2.05) is 30.3 Å². The highest BCUT2D eigenvalue weighted by Gasteiger charge is 2.06. The first-order chi connectivity index (χ1) is 12.0. The highest BCUT2D eigenvalue weighted by atomic mass is 16.3. The highest BCUT2D eigenvalue weighted by molar-refractivity contribution is 5.99. The third kappa shape index (κ3) is 6.47. The van der Waals surface area contributed by atoms with Gasteiger partial charge in [-0.15, -0.1) is 0 Å². The van der Waals surface area contributed by atoms with Crippen LogP contribution in [0.3, 0.4) is 0 Å². The van der Waals surface area contributed by atoms with Gasteiger partial charge in [0.1, 0.15) is 5.75 Å². The van der Waals surface area contributed by atoms with Gasteiger partial charge in [0.2, 0.25) is 11.8 Å². The third-order valence-electron chi connectivity index (χ3n) is 3.55. The molecule has 0 saturated carbocycles. The molecule has 2 aromatic rings. The molecule has 6 nitrogen and oxygen atoms in total. The number of carbonyl (C=O) groups excluding carboxylic acids is 2. The van der Waals surface area contributed by atoms with Gasteiger partial charge in [0, 0.05) is 19.4 Å². The second kappa shape index (κ2) is 9.22. The summed E-state index contributed by atoms with van der Waals surface area (Å²) in [5.74, 6) is -0.340. The number of carbonyl (C=O) groups is 2. The molecule has 0 unspecified atom stereocenters. The smallest absolute Gasteiger partial charge is 0.240 e. The fourth-order valence-electron chi connectivity index (χ4n) is 2.08. The number of hydrazone groups is 1. The first-order valence-corrected chi connectivity index (χ1v) is 7.98. The Hall–Kier alpha value is -3.15. The lowest BCUT2D eigenvalue weighted by atomic mass is 10.1. The van der Waals surface area contributed by atoms with E-state index < -0.39 is 0 Å². The van der Waals surface area contributed by atoms with Crippen molar-refractivity contribution in [2.24, 2.45) is 5.10 Å². The monoisotopic (exact) mass is 339 g/mol. The van der Waals surface area contributed by atoms with E-state index in [0.717, 1.165) is 11.1 Å². The number of amides is 2. The summed E-state index contributed by atoms with van der Waals surface area (Å²) in [6, 6.07) is 16.1. The van der Waals surface area contributed by atoms with Crippen molar-refractivity contribution >= 4 is 17.5 Å². The van der Waals surface area contributed by atoms with Gasteiger partial charge in [-0.25, -0.2) is 5.43 Å². The molecule has 0 radical (unpaired) electrons. The molecule has 130 valence electrons.